The highest BCUT2D eigenvalue weighted by atomic mass is 32.2. The average Bonchev–Trinajstić information content (AvgIpc) is 2.49. The van der Waals surface area contributed by atoms with Gasteiger partial charge in [0.25, 0.3) is 11.1 Å². The first-order valence-electron chi connectivity index (χ1n) is 4.83. The number of likely N-dealkylation sites (N-methyl/N-ethyl adjacent to an activating group) is 1. The van der Waals surface area contributed by atoms with Crippen molar-refractivity contribution in [2.45, 2.75) is 0 Å². The highest BCUT2D eigenvalue weighted by Crippen LogP contribution is 2.23. The van der Waals surface area contributed by atoms with Gasteiger partial charge in [-0.2, -0.15) is 0 Å². The van der Waals surface area contributed by atoms with Crippen molar-refractivity contribution < 1.29 is 9.59 Å². The standard InChI is InChI=1S/C9H13N3O2S/c1-11-2-4-12(5-3-11)6-7-8(13)10-9(14)15-7/h6H,2-5H2,1H3,(H,10,13,14). The van der Waals surface area contributed by atoms with E-state index >= 15 is 0 Å². The fraction of sp³-hybridized carbons (Fsp3) is 0.556. The van der Waals surface area contributed by atoms with E-state index in [0.29, 0.717) is 4.91 Å². The molecule has 0 saturated carbocycles. The summed E-state index contributed by atoms with van der Waals surface area (Å²) in [5.74, 6) is -0.274. The summed E-state index contributed by atoms with van der Waals surface area (Å²) >= 11 is 0.974. The van der Waals surface area contributed by atoms with Crippen molar-refractivity contribution >= 4 is 22.9 Å². The number of hydrogen-bond donors (Lipinski definition) is 1. The molecule has 6 heteroatoms. The Morgan fingerprint density at radius 2 is 1.93 bits per heavy atom. The zero-order valence-electron chi connectivity index (χ0n) is 8.52. The molecule has 0 bridgehead atoms. The second kappa shape index (κ2) is 4.24. The molecule has 0 aromatic carbocycles. The summed E-state index contributed by atoms with van der Waals surface area (Å²) in [5.41, 5.74) is 0. The molecule has 0 aromatic heterocycles. The molecular weight excluding hydrogens is 214 g/mol. The predicted octanol–water partition coefficient (Wildman–Crippen LogP) is 0.0582. The molecule has 0 radical (unpaired) electrons. The van der Waals surface area contributed by atoms with Gasteiger partial charge in [0, 0.05) is 32.4 Å². The molecule has 2 aliphatic heterocycles. The molecular formula is C9H13N3O2S. The minimum absolute atomic E-state index is 0.274. The van der Waals surface area contributed by atoms with E-state index in [1.54, 1.807) is 6.20 Å². The van der Waals surface area contributed by atoms with E-state index in [1.807, 2.05) is 0 Å². The molecule has 2 saturated heterocycles. The first-order valence-corrected chi connectivity index (χ1v) is 5.64. The SMILES string of the molecule is CN1CCN(C=C2SC(=O)NC2=O)CC1. The van der Waals surface area contributed by atoms with E-state index in [2.05, 4.69) is 22.2 Å². The van der Waals surface area contributed by atoms with E-state index in [4.69, 9.17) is 0 Å². The average molecular weight is 227 g/mol. The number of amides is 2. The number of carbonyl (C=O) groups is 2. The third-order valence-electron chi connectivity index (χ3n) is 2.48. The van der Waals surface area contributed by atoms with Crippen LogP contribution in [0.3, 0.4) is 0 Å². The number of thioether (sulfide) groups is 1. The highest BCUT2D eigenvalue weighted by Gasteiger charge is 2.26. The second-order valence-electron chi connectivity index (χ2n) is 3.68. The van der Waals surface area contributed by atoms with Crippen molar-refractivity contribution in [1.82, 2.24) is 15.1 Å². The maximum atomic E-state index is 11.3. The molecule has 0 spiro atoms. The monoisotopic (exact) mass is 227 g/mol. The molecule has 0 aromatic rings. The summed E-state index contributed by atoms with van der Waals surface area (Å²) in [6.45, 7) is 3.79. The maximum Gasteiger partial charge on any atom is 0.290 e. The number of carbonyl (C=O) groups excluding carboxylic acids is 2. The van der Waals surface area contributed by atoms with Gasteiger partial charge in [-0.3, -0.25) is 14.9 Å². The van der Waals surface area contributed by atoms with Crippen LogP contribution < -0.4 is 5.32 Å². The van der Waals surface area contributed by atoms with Crippen molar-refractivity contribution in [2.75, 3.05) is 33.2 Å². The van der Waals surface area contributed by atoms with Crippen LogP contribution in [0.2, 0.25) is 0 Å². The molecule has 0 aliphatic carbocycles. The van der Waals surface area contributed by atoms with Crippen LogP contribution in [0.15, 0.2) is 11.1 Å². The molecule has 2 rings (SSSR count). The Kier molecular flexibility index (Phi) is 2.97. The quantitative estimate of drug-likeness (QED) is 0.642. The van der Waals surface area contributed by atoms with Crippen LogP contribution >= 0.6 is 11.8 Å². The van der Waals surface area contributed by atoms with Crippen LogP contribution in [0, 0.1) is 0 Å². The summed E-state index contributed by atoms with van der Waals surface area (Å²) < 4.78 is 0. The van der Waals surface area contributed by atoms with Gasteiger partial charge in [-0.15, -0.1) is 0 Å². The number of imide groups is 1. The lowest BCUT2D eigenvalue weighted by molar-refractivity contribution is -0.115. The molecule has 0 atom stereocenters. The number of hydrogen-bond acceptors (Lipinski definition) is 5. The lowest BCUT2D eigenvalue weighted by Gasteiger charge is -2.31. The Bertz CT molecular complexity index is 321. The first-order chi connectivity index (χ1) is 7.15. The molecule has 2 amide bonds. The van der Waals surface area contributed by atoms with Gasteiger partial charge >= 0.3 is 0 Å². The molecule has 82 valence electrons. The molecule has 15 heavy (non-hydrogen) atoms. The normalized spacial score (nSPS) is 26.2. The third-order valence-corrected chi connectivity index (χ3v) is 3.28. The van der Waals surface area contributed by atoms with E-state index in [1.165, 1.54) is 0 Å². The Balaban J connectivity index is 1.98. The maximum absolute atomic E-state index is 11.3. The van der Waals surface area contributed by atoms with E-state index < -0.39 is 0 Å². The molecule has 2 fully saturated rings. The summed E-state index contributed by atoms with van der Waals surface area (Å²) in [7, 11) is 2.07. The van der Waals surface area contributed by atoms with Gasteiger partial charge in [0.05, 0.1) is 4.91 Å². The van der Waals surface area contributed by atoms with Crippen molar-refractivity contribution in [2.24, 2.45) is 0 Å². The summed E-state index contributed by atoms with van der Waals surface area (Å²) in [6, 6.07) is 0. The van der Waals surface area contributed by atoms with Gasteiger partial charge in [-0.05, 0) is 18.8 Å². The van der Waals surface area contributed by atoms with Crippen LogP contribution in [0.25, 0.3) is 0 Å². The van der Waals surface area contributed by atoms with Crippen LogP contribution in [-0.2, 0) is 4.79 Å². The van der Waals surface area contributed by atoms with E-state index in [0.717, 1.165) is 37.9 Å². The molecule has 2 heterocycles. The van der Waals surface area contributed by atoms with Crippen molar-refractivity contribution in [3.63, 3.8) is 0 Å². The highest BCUT2D eigenvalue weighted by molar-refractivity contribution is 8.18. The van der Waals surface area contributed by atoms with Crippen LogP contribution in [-0.4, -0.2) is 54.2 Å². The molecule has 0 unspecified atom stereocenters. The third kappa shape index (κ3) is 2.51. The largest absolute Gasteiger partial charge is 0.374 e. The topological polar surface area (TPSA) is 52.6 Å². The van der Waals surface area contributed by atoms with Gasteiger partial charge in [0.1, 0.15) is 0 Å². The number of piperazine rings is 1. The smallest absolute Gasteiger partial charge is 0.290 e. The number of rotatable bonds is 1. The van der Waals surface area contributed by atoms with Crippen molar-refractivity contribution in [3.8, 4) is 0 Å². The van der Waals surface area contributed by atoms with Gasteiger partial charge in [0.15, 0.2) is 0 Å². The summed E-state index contributed by atoms with van der Waals surface area (Å²) in [6.07, 6.45) is 1.79. The van der Waals surface area contributed by atoms with Gasteiger partial charge in [-0.25, -0.2) is 0 Å². The van der Waals surface area contributed by atoms with Gasteiger partial charge in [-0.1, -0.05) is 0 Å². The molecule has 5 nitrogen and oxygen atoms in total. The minimum Gasteiger partial charge on any atom is -0.374 e. The minimum atomic E-state index is -0.277. The lowest BCUT2D eigenvalue weighted by atomic mass is 10.3. The fourth-order valence-electron chi connectivity index (χ4n) is 1.53. The fourth-order valence-corrected chi connectivity index (χ4v) is 2.22. The van der Waals surface area contributed by atoms with Crippen LogP contribution in [0.4, 0.5) is 4.79 Å². The lowest BCUT2D eigenvalue weighted by Crippen LogP contribution is -2.42. The zero-order chi connectivity index (χ0) is 10.8. The Labute approximate surface area is 92.5 Å². The van der Waals surface area contributed by atoms with Crippen molar-refractivity contribution in [1.29, 1.82) is 0 Å². The summed E-state index contributed by atoms with van der Waals surface area (Å²) in [5, 5.41) is 1.97. The Hall–Kier alpha value is -1.01. The number of nitrogens with one attached hydrogen (secondary N) is 1. The van der Waals surface area contributed by atoms with Gasteiger partial charge < -0.3 is 9.80 Å². The second-order valence-corrected chi connectivity index (χ2v) is 4.69. The summed E-state index contributed by atoms with van der Waals surface area (Å²) in [4.78, 5) is 27.0. The van der Waals surface area contributed by atoms with Crippen LogP contribution in [0.1, 0.15) is 0 Å². The Morgan fingerprint density at radius 1 is 1.27 bits per heavy atom. The zero-order valence-corrected chi connectivity index (χ0v) is 9.34. The van der Waals surface area contributed by atoms with E-state index in [9.17, 15) is 9.59 Å². The first kappa shape index (κ1) is 10.5. The van der Waals surface area contributed by atoms with Gasteiger partial charge in [0.2, 0.25) is 0 Å². The molecule has 2 aliphatic rings. The van der Waals surface area contributed by atoms with Crippen LogP contribution in [0.5, 0.6) is 0 Å². The Morgan fingerprint density at radius 3 is 2.47 bits per heavy atom. The van der Waals surface area contributed by atoms with Crippen molar-refractivity contribution in [3.05, 3.63) is 11.1 Å². The van der Waals surface area contributed by atoms with E-state index in [-0.39, 0.29) is 11.1 Å². The number of nitrogens with zero attached hydrogens (tertiary/aromatic N) is 2. The predicted molar refractivity (Wildman–Crippen MR) is 58.3 cm³/mol. The molecule has 1 N–H and O–H groups in total.